The lowest BCUT2D eigenvalue weighted by Crippen LogP contribution is -2.37. The average Bonchev–Trinajstić information content (AvgIpc) is 2.98. The molecule has 0 radical (unpaired) electrons. The van der Waals surface area contributed by atoms with E-state index in [1.807, 2.05) is 0 Å². The van der Waals surface area contributed by atoms with Crippen molar-refractivity contribution < 1.29 is 12.8 Å². The van der Waals surface area contributed by atoms with Crippen molar-refractivity contribution in [2.24, 2.45) is 17.6 Å². The topological polar surface area (TPSA) is 85.3 Å². The average molecular weight is 286 g/mol. The molecule has 1 aliphatic carbocycles. The lowest BCUT2D eigenvalue weighted by atomic mass is 9.94. The fourth-order valence-corrected chi connectivity index (χ4v) is 4.17. The second-order valence-corrected chi connectivity index (χ2v) is 6.90. The first-order chi connectivity index (χ1) is 8.97. The summed E-state index contributed by atoms with van der Waals surface area (Å²) in [4.78, 5) is 0. The van der Waals surface area contributed by atoms with E-state index in [0.29, 0.717) is 17.6 Å². The molecule has 0 aromatic carbocycles. The van der Waals surface area contributed by atoms with E-state index in [9.17, 15) is 8.42 Å². The summed E-state index contributed by atoms with van der Waals surface area (Å²) in [6, 6.07) is 3.06. The minimum Gasteiger partial charge on any atom is -0.447 e. The first-order valence-corrected chi connectivity index (χ1v) is 8.27. The van der Waals surface area contributed by atoms with Crippen molar-refractivity contribution in [3.63, 3.8) is 0 Å². The molecule has 1 aromatic heterocycles. The quantitative estimate of drug-likeness (QED) is 0.865. The van der Waals surface area contributed by atoms with Gasteiger partial charge in [-0.3, -0.25) is 0 Å². The molecule has 2 rings (SSSR count). The van der Waals surface area contributed by atoms with Gasteiger partial charge >= 0.3 is 0 Å². The number of nitrogens with two attached hydrogens (primary N) is 1. The highest BCUT2D eigenvalue weighted by atomic mass is 32.2. The van der Waals surface area contributed by atoms with Crippen LogP contribution in [0.1, 0.15) is 38.9 Å². The maximum Gasteiger partial charge on any atom is 0.274 e. The Balaban J connectivity index is 2.09. The van der Waals surface area contributed by atoms with E-state index in [-0.39, 0.29) is 17.7 Å². The molecule has 1 fully saturated rings. The van der Waals surface area contributed by atoms with Gasteiger partial charge in [0.1, 0.15) is 5.76 Å². The van der Waals surface area contributed by atoms with Gasteiger partial charge in [-0.25, -0.2) is 13.1 Å². The summed E-state index contributed by atoms with van der Waals surface area (Å²) in [7, 11) is -3.57. The van der Waals surface area contributed by atoms with Gasteiger partial charge in [0.2, 0.25) is 5.09 Å². The fourth-order valence-electron chi connectivity index (χ4n) is 2.86. The summed E-state index contributed by atoms with van der Waals surface area (Å²) < 4.78 is 32.4. The summed E-state index contributed by atoms with van der Waals surface area (Å²) >= 11 is 0. The molecule has 6 heteroatoms. The Morgan fingerprint density at radius 3 is 2.68 bits per heavy atom. The number of furan rings is 1. The van der Waals surface area contributed by atoms with Crippen LogP contribution in [0.4, 0.5) is 0 Å². The third-order valence-electron chi connectivity index (χ3n) is 4.16. The number of rotatable bonds is 5. The standard InChI is InChI=1S/C13H22N2O3S/c1-3-10-4-6-12(9(10)2)15-19(16,17)13-7-5-11(8-14)18-13/h5,7,9-10,12,15H,3-4,6,8,14H2,1-2H3. The number of hydrogen-bond donors (Lipinski definition) is 2. The van der Waals surface area contributed by atoms with Gasteiger partial charge in [0.25, 0.3) is 10.0 Å². The Hall–Kier alpha value is -0.850. The van der Waals surface area contributed by atoms with Crippen molar-refractivity contribution in [1.29, 1.82) is 0 Å². The Labute approximate surface area is 114 Å². The van der Waals surface area contributed by atoms with Crippen LogP contribution in [0.2, 0.25) is 0 Å². The van der Waals surface area contributed by atoms with E-state index >= 15 is 0 Å². The number of hydrogen-bond acceptors (Lipinski definition) is 4. The van der Waals surface area contributed by atoms with Gasteiger partial charge in [-0.2, -0.15) is 0 Å². The molecule has 1 aliphatic rings. The Morgan fingerprint density at radius 2 is 2.16 bits per heavy atom. The zero-order valence-electron chi connectivity index (χ0n) is 11.4. The van der Waals surface area contributed by atoms with E-state index in [1.165, 1.54) is 6.07 Å². The zero-order valence-corrected chi connectivity index (χ0v) is 12.2. The van der Waals surface area contributed by atoms with Crippen LogP contribution in [0.3, 0.4) is 0 Å². The van der Waals surface area contributed by atoms with Crippen molar-refractivity contribution in [2.45, 2.75) is 50.8 Å². The van der Waals surface area contributed by atoms with Crippen LogP contribution in [0.25, 0.3) is 0 Å². The third-order valence-corrected chi connectivity index (χ3v) is 5.52. The first-order valence-electron chi connectivity index (χ1n) is 6.79. The van der Waals surface area contributed by atoms with Gasteiger partial charge in [0.15, 0.2) is 0 Å². The van der Waals surface area contributed by atoms with Crippen LogP contribution in [-0.2, 0) is 16.6 Å². The van der Waals surface area contributed by atoms with Crippen LogP contribution in [0.5, 0.6) is 0 Å². The lowest BCUT2D eigenvalue weighted by molar-refractivity contribution is 0.363. The van der Waals surface area contributed by atoms with Crippen molar-refractivity contribution in [3.8, 4) is 0 Å². The predicted molar refractivity (Wildman–Crippen MR) is 72.9 cm³/mol. The van der Waals surface area contributed by atoms with Gasteiger partial charge in [0, 0.05) is 6.04 Å². The van der Waals surface area contributed by atoms with E-state index < -0.39 is 10.0 Å². The van der Waals surface area contributed by atoms with E-state index in [1.54, 1.807) is 6.07 Å². The van der Waals surface area contributed by atoms with Gasteiger partial charge in [-0.15, -0.1) is 0 Å². The number of nitrogens with one attached hydrogen (secondary N) is 1. The van der Waals surface area contributed by atoms with Crippen molar-refractivity contribution in [2.75, 3.05) is 0 Å². The minimum atomic E-state index is -3.57. The largest absolute Gasteiger partial charge is 0.447 e. The summed E-state index contributed by atoms with van der Waals surface area (Å²) in [6.45, 7) is 4.47. The maximum atomic E-state index is 12.2. The molecule has 1 heterocycles. The Morgan fingerprint density at radius 1 is 1.42 bits per heavy atom. The fraction of sp³-hybridized carbons (Fsp3) is 0.692. The molecular formula is C13H22N2O3S. The van der Waals surface area contributed by atoms with Gasteiger partial charge in [-0.1, -0.05) is 20.3 Å². The van der Waals surface area contributed by atoms with Crippen LogP contribution in [-0.4, -0.2) is 14.5 Å². The van der Waals surface area contributed by atoms with E-state index in [4.69, 9.17) is 10.2 Å². The maximum absolute atomic E-state index is 12.2. The Kier molecular flexibility index (Phi) is 4.32. The second-order valence-electron chi connectivity index (χ2n) is 5.26. The van der Waals surface area contributed by atoms with Crippen LogP contribution < -0.4 is 10.5 Å². The molecule has 0 amide bonds. The van der Waals surface area contributed by atoms with Gasteiger partial charge in [-0.05, 0) is 36.8 Å². The highest BCUT2D eigenvalue weighted by Gasteiger charge is 2.35. The molecule has 0 bridgehead atoms. The van der Waals surface area contributed by atoms with Crippen LogP contribution >= 0.6 is 0 Å². The highest BCUT2D eigenvalue weighted by Crippen LogP contribution is 2.34. The minimum absolute atomic E-state index is 0.00127. The molecule has 0 spiro atoms. The molecule has 3 atom stereocenters. The van der Waals surface area contributed by atoms with Gasteiger partial charge in [0.05, 0.1) is 6.54 Å². The monoisotopic (exact) mass is 286 g/mol. The zero-order chi connectivity index (χ0) is 14.0. The van der Waals surface area contributed by atoms with E-state index in [0.717, 1.165) is 19.3 Å². The number of sulfonamides is 1. The molecule has 0 saturated heterocycles. The highest BCUT2D eigenvalue weighted by molar-refractivity contribution is 7.89. The molecule has 1 saturated carbocycles. The van der Waals surface area contributed by atoms with Crippen LogP contribution in [0, 0.1) is 11.8 Å². The summed E-state index contributed by atoms with van der Waals surface area (Å²) in [5.74, 6) is 1.44. The smallest absolute Gasteiger partial charge is 0.274 e. The predicted octanol–water partition coefficient (Wildman–Crippen LogP) is 1.84. The SMILES string of the molecule is CCC1CCC(NS(=O)(=O)c2ccc(CN)o2)C1C. The summed E-state index contributed by atoms with van der Waals surface area (Å²) in [6.07, 6.45) is 3.07. The molecule has 5 nitrogen and oxygen atoms in total. The molecule has 3 N–H and O–H groups in total. The summed E-state index contributed by atoms with van der Waals surface area (Å²) in [5, 5.41) is -0.0416. The van der Waals surface area contributed by atoms with E-state index in [2.05, 4.69) is 18.6 Å². The van der Waals surface area contributed by atoms with Crippen LogP contribution in [0.15, 0.2) is 21.6 Å². The molecule has 108 valence electrons. The normalized spacial score (nSPS) is 27.8. The molecule has 1 aromatic rings. The molecule has 0 aliphatic heterocycles. The van der Waals surface area contributed by atoms with Crippen molar-refractivity contribution in [3.05, 3.63) is 17.9 Å². The van der Waals surface area contributed by atoms with Gasteiger partial charge < -0.3 is 10.2 Å². The first kappa shape index (κ1) is 14.6. The molecule has 3 unspecified atom stereocenters. The van der Waals surface area contributed by atoms with Crippen molar-refractivity contribution >= 4 is 10.0 Å². The third kappa shape index (κ3) is 3.01. The lowest BCUT2D eigenvalue weighted by Gasteiger charge is -2.20. The summed E-state index contributed by atoms with van der Waals surface area (Å²) in [5.41, 5.74) is 5.42. The second kappa shape index (κ2) is 5.64. The Bertz CT molecular complexity index is 524. The van der Waals surface area contributed by atoms with Crippen molar-refractivity contribution in [1.82, 2.24) is 4.72 Å². The molecular weight excluding hydrogens is 264 g/mol. The molecule has 19 heavy (non-hydrogen) atoms.